The van der Waals surface area contributed by atoms with Gasteiger partial charge in [0.05, 0.1) is 5.41 Å². The van der Waals surface area contributed by atoms with Crippen molar-refractivity contribution >= 4 is 12.0 Å². The number of carbonyl (C=O) groups excluding carboxylic acids is 1. The number of hydrogen-bond donors (Lipinski definition) is 3. The monoisotopic (exact) mass is 226 g/mol. The lowest BCUT2D eigenvalue weighted by atomic mass is 10.1. The minimum Gasteiger partial charge on any atom is -0.481 e. The summed E-state index contributed by atoms with van der Waals surface area (Å²) in [5.41, 5.74) is 0.429. The van der Waals surface area contributed by atoms with Gasteiger partial charge in [-0.2, -0.15) is 0 Å². The number of carboxylic acids is 1. The molecule has 0 saturated heterocycles. The first-order valence-corrected chi connectivity index (χ1v) is 5.35. The van der Waals surface area contributed by atoms with Crippen LogP contribution in [0.25, 0.3) is 0 Å². The Labute approximate surface area is 94.9 Å². The Morgan fingerprint density at radius 1 is 1.31 bits per heavy atom. The Bertz CT molecular complexity index is 315. The lowest BCUT2D eigenvalue weighted by Gasteiger charge is -2.11. The summed E-state index contributed by atoms with van der Waals surface area (Å²) >= 11 is 0. The summed E-state index contributed by atoms with van der Waals surface area (Å²) in [6, 6.07) is -0.315. The smallest absolute Gasteiger partial charge is 0.315 e. The lowest BCUT2D eigenvalue weighted by Crippen LogP contribution is -2.40. The van der Waals surface area contributed by atoms with E-state index in [0.29, 0.717) is 19.4 Å². The summed E-state index contributed by atoms with van der Waals surface area (Å²) in [6.45, 7) is 4.57. The van der Waals surface area contributed by atoms with Crippen LogP contribution in [0.4, 0.5) is 4.79 Å². The second kappa shape index (κ2) is 5.01. The van der Waals surface area contributed by atoms with Crippen molar-refractivity contribution in [2.75, 3.05) is 13.1 Å². The van der Waals surface area contributed by atoms with Crippen LogP contribution in [0, 0.1) is 5.41 Å². The standard InChI is InChI=1S/C11H18N2O3/c1-8(2)3-6-12-10(16)13-7-11(4-5-11)9(14)15/h3H,4-7H2,1-2H3,(H,14,15)(H2,12,13,16). The predicted octanol–water partition coefficient (Wildman–Crippen LogP) is 1.12. The zero-order valence-corrected chi connectivity index (χ0v) is 9.67. The summed E-state index contributed by atoms with van der Waals surface area (Å²) < 4.78 is 0. The molecule has 1 saturated carbocycles. The first-order chi connectivity index (χ1) is 7.46. The van der Waals surface area contributed by atoms with Gasteiger partial charge in [0.2, 0.25) is 0 Å². The number of carboxylic acid groups (broad SMARTS) is 1. The molecule has 0 heterocycles. The maximum atomic E-state index is 11.3. The van der Waals surface area contributed by atoms with Gasteiger partial charge >= 0.3 is 12.0 Å². The van der Waals surface area contributed by atoms with Gasteiger partial charge in [-0.05, 0) is 26.7 Å². The van der Waals surface area contributed by atoms with Gasteiger partial charge in [0.25, 0.3) is 0 Å². The van der Waals surface area contributed by atoms with Crippen LogP contribution in [0.2, 0.25) is 0 Å². The molecule has 0 aromatic heterocycles. The summed E-state index contributed by atoms with van der Waals surface area (Å²) in [4.78, 5) is 22.1. The highest BCUT2D eigenvalue weighted by atomic mass is 16.4. The molecule has 5 heteroatoms. The SMILES string of the molecule is CC(C)=CCNC(=O)NCC1(C(=O)O)CC1. The predicted molar refractivity (Wildman–Crippen MR) is 60.1 cm³/mol. The Morgan fingerprint density at radius 3 is 2.38 bits per heavy atom. The number of nitrogens with one attached hydrogen (secondary N) is 2. The van der Waals surface area contributed by atoms with Crippen LogP contribution in [0.5, 0.6) is 0 Å². The minimum absolute atomic E-state index is 0.211. The van der Waals surface area contributed by atoms with Crippen molar-refractivity contribution in [1.82, 2.24) is 10.6 Å². The third-order valence-electron chi connectivity index (χ3n) is 2.67. The topological polar surface area (TPSA) is 78.4 Å². The Morgan fingerprint density at radius 2 is 1.94 bits per heavy atom. The molecule has 1 aliphatic carbocycles. The van der Waals surface area contributed by atoms with E-state index in [1.54, 1.807) is 0 Å². The summed E-state index contributed by atoms with van der Waals surface area (Å²) in [6.07, 6.45) is 3.19. The molecule has 0 aromatic carbocycles. The van der Waals surface area contributed by atoms with Crippen LogP contribution in [0.15, 0.2) is 11.6 Å². The van der Waals surface area contributed by atoms with Gasteiger partial charge in [0.15, 0.2) is 0 Å². The Balaban J connectivity index is 2.21. The summed E-state index contributed by atoms with van der Waals surface area (Å²) in [5, 5.41) is 14.1. The van der Waals surface area contributed by atoms with Crippen LogP contribution < -0.4 is 10.6 Å². The highest BCUT2D eigenvalue weighted by Gasteiger charge is 2.50. The molecular weight excluding hydrogens is 208 g/mol. The second-order valence-corrected chi connectivity index (χ2v) is 4.43. The zero-order valence-electron chi connectivity index (χ0n) is 9.67. The number of rotatable bonds is 5. The molecule has 0 atom stereocenters. The number of allylic oxidation sites excluding steroid dienone is 1. The maximum Gasteiger partial charge on any atom is 0.315 e. The Kier molecular flexibility index (Phi) is 3.93. The van der Waals surface area contributed by atoms with Crippen LogP contribution in [0.1, 0.15) is 26.7 Å². The summed E-state index contributed by atoms with van der Waals surface area (Å²) in [5.74, 6) is -0.822. The van der Waals surface area contributed by atoms with E-state index in [0.717, 1.165) is 5.57 Å². The molecule has 1 aliphatic rings. The third kappa shape index (κ3) is 3.56. The highest BCUT2D eigenvalue weighted by Crippen LogP contribution is 2.45. The molecule has 0 aromatic rings. The van der Waals surface area contributed by atoms with E-state index < -0.39 is 11.4 Å². The maximum absolute atomic E-state index is 11.3. The quantitative estimate of drug-likeness (QED) is 0.614. The highest BCUT2D eigenvalue weighted by molar-refractivity contribution is 5.80. The minimum atomic E-state index is -0.822. The van der Waals surface area contributed by atoms with Crippen LogP contribution >= 0.6 is 0 Å². The number of aliphatic carboxylic acids is 1. The fraction of sp³-hybridized carbons (Fsp3) is 0.636. The number of urea groups is 1. The van der Waals surface area contributed by atoms with Gasteiger partial charge in [-0.15, -0.1) is 0 Å². The van der Waals surface area contributed by atoms with Gasteiger partial charge in [-0.25, -0.2) is 4.79 Å². The van der Waals surface area contributed by atoms with Crippen LogP contribution in [0.3, 0.4) is 0 Å². The molecule has 0 bridgehead atoms. The molecular formula is C11H18N2O3. The normalized spacial score (nSPS) is 16.1. The number of amides is 2. The van der Waals surface area contributed by atoms with Crippen LogP contribution in [-0.2, 0) is 4.79 Å². The molecule has 2 amide bonds. The van der Waals surface area contributed by atoms with Crippen molar-refractivity contribution in [3.05, 3.63) is 11.6 Å². The molecule has 16 heavy (non-hydrogen) atoms. The van der Waals surface area contributed by atoms with Crippen molar-refractivity contribution < 1.29 is 14.7 Å². The fourth-order valence-electron chi connectivity index (χ4n) is 1.28. The summed E-state index contributed by atoms with van der Waals surface area (Å²) in [7, 11) is 0. The van der Waals surface area contributed by atoms with E-state index in [-0.39, 0.29) is 12.6 Å². The fourth-order valence-corrected chi connectivity index (χ4v) is 1.28. The largest absolute Gasteiger partial charge is 0.481 e. The Hall–Kier alpha value is -1.52. The van der Waals surface area contributed by atoms with E-state index in [2.05, 4.69) is 10.6 Å². The molecule has 0 aliphatic heterocycles. The van der Waals surface area contributed by atoms with E-state index in [9.17, 15) is 9.59 Å². The average molecular weight is 226 g/mol. The first-order valence-electron chi connectivity index (χ1n) is 5.35. The van der Waals surface area contributed by atoms with Gasteiger partial charge in [-0.1, -0.05) is 11.6 Å². The van der Waals surface area contributed by atoms with Gasteiger partial charge in [0, 0.05) is 13.1 Å². The molecule has 90 valence electrons. The van der Waals surface area contributed by atoms with E-state index in [1.807, 2.05) is 19.9 Å². The van der Waals surface area contributed by atoms with Crippen molar-refractivity contribution in [1.29, 1.82) is 0 Å². The van der Waals surface area contributed by atoms with Gasteiger partial charge < -0.3 is 15.7 Å². The molecule has 0 radical (unpaired) electrons. The van der Waals surface area contributed by atoms with Crippen molar-refractivity contribution in [3.8, 4) is 0 Å². The molecule has 1 rings (SSSR count). The van der Waals surface area contributed by atoms with Crippen LogP contribution in [-0.4, -0.2) is 30.2 Å². The number of hydrogen-bond acceptors (Lipinski definition) is 2. The van der Waals surface area contributed by atoms with E-state index in [1.165, 1.54) is 0 Å². The third-order valence-corrected chi connectivity index (χ3v) is 2.67. The van der Waals surface area contributed by atoms with Gasteiger partial charge in [0.1, 0.15) is 0 Å². The number of carbonyl (C=O) groups is 2. The van der Waals surface area contributed by atoms with Crippen molar-refractivity contribution in [2.45, 2.75) is 26.7 Å². The molecule has 3 N–H and O–H groups in total. The lowest BCUT2D eigenvalue weighted by molar-refractivity contribution is -0.143. The first kappa shape index (κ1) is 12.5. The van der Waals surface area contributed by atoms with E-state index >= 15 is 0 Å². The molecule has 0 unspecified atom stereocenters. The molecule has 1 fully saturated rings. The zero-order chi connectivity index (χ0) is 12.2. The van der Waals surface area contributed by atoms with Crippen molar-refractivity contribution in [2.24, 2.45) is 5.41 Å². The van der Waals surface area contributed by atoms with Crippen molar-refractivity contribution in [3.63, 3.8) is 0 Å². The van der Waals surface area contributed by atoms with Gasteiger partial charge in [-0.3, -0.25) is 4.79 Å². The molecule has 0 spiro atoms. The van der Waals surface area contributed by atoms with E-state index in [4.69, 9.17) is 5.11 Å². The molecule has 5 nitrogen and oxygen atoms in total. The average Bonchev–Trinajstić information content (AvgIpc) is 2.95. The second-order valence-electron chi connectivity index (χ2n) is 4.43.